The molecule has 0 aliphatic carbocycles. The van der Waals surface area contributed by atoms with Crippen LogP contribution >= 0.6 is 23.2 Å². The van der Waals surface area contributed by atoms with Gasteiger partial charge in [0.1, 0.15) is 5.58 Å². The molecule has 0 radical (unpaired) electrons. The molecule has 1 aromatic heterocycles. The number of furan rings is 1. The van der Waals surface area contributed by atoms with Crippen LogP contribution in [0.15, 0.2) is 52.9 Å². The van der Waals surface area contributed by atoms with E-state index in [4.69, 9.17) is 27.6 Å². The van der Waals surface area contributed by atoms with E-state index in [-0.39, 0.29) is 11.8 Å². The van der Waals surface area contributed by atoms with E-state index in [0.29, 0.717) is 46.9 Å². The lowest BCUT2D eigenvalue weighted by atomic mass is 9.96. The minimum Gasteiger partial charge on any atom is -0.451 e. The van der Waals surface area contributed by atoms with E-state index in [9.17, 15) is 9.59 Å². The molecule has 3 aromatic rings. The number of likely N-dealkylation sites (tertiary alicyclic amines) is 1. The minimum atomic E-state index is -0.177. The number of nitrogens with one attached hydrogen (secondary N) is 1. The van der Waals surface area contributed by atoms with E-state index in [0.717, 1.165) is 23.8 Å². The highest BCUT2D eigenvalue weighted by Gasteiger charge is 2.26. The zero-order valence-corrected chi connectivity index (χ0v) is 17.2. The molecule has 1 aliphatic heterocycles. The van der Waals surface area contributed by atoms with Crippen molar-refractivity contribution in [3.63, 3.8) is 0 Å². The molecule has 1 aliphatic rings. The summed E-state index contributed by atoms with van der Waals surface area (Å²) in [7, 11) is 0. The number of piperidine rings is 1. The Hall–Kier alpha value is -2.50. The van der Waals surface area contributed by atoms with E-state index in [1.165, 1.54) is 0 Å². The largest absolute Gasteiger partial charge is 0.451 e. The van der Waals surface area contributed by atoms with Crippen LogP contribution in [0, 0.1) is 5.92 Å². The molecule has 150 valence electrons. The molecule has 0 atom stereocenters. The standard InChI is InChI=1S/C22H20Cl2N2O3/c23-17-6-5-16(11-18(17)24)21(27)25-13-14-7-9-26(10-8-14)22(28)20-12-15-3-1-2-4-19(15)29-20/h1-6,11-12,14H,7-10,13H2,(H,25,27). The highest BCUT2D eigenvalue weighted by atomic mass is 35.5. The number of benzene rings is 2. The van der Waals surface area contributed by atoms with Crippen molar-refractivity contribution in [3.8, 4) is 0 Å². The smallest absolute Gasteiger partial charge is 0.289 e. The van der Waals surface area contributed by atoms with Crippen molar-refractivity contribution < 1.29 is 14.0 Å². The number of carbonyl (C=O) groups is 2. The monoisotopic (exact) mass is 430 g/mol. The molecule has 0 bridgehead atoms. The van der Waals surface area contributed by atoms with Crippen molar-refractivity contribution in [2.75, 3.05) is 19.6 Å². The van der Waals surface area contributed by atoms with Crippen LogP contribution in [0.4, 0.5) is 0 Å². The van der Waals surface area contributed by atoms with E-state index in [2.05, 4.69) is 5.32 Å². The van der Waals surface area contributed by atoms with E-state index in [1.54, 1.807) is 24.3 Å². The predicted molar refractivity (Wildman–Crippen MR) is 114 cm³/mol. The second-order valence-electron chi connectivity index (χ2n) is 7.22. The van der Waals surface area contributed by atoms with Crippen molar-refractivity contribution in [2.24, 2.45) is 5.92 Å². The zero-order chi connectivity index (χ0) is 20.4. The Kier molecular flexibility index (Phi) is 5.79. The van der Waals surface area contributed by atoms with Gasteiger partial charge in [-0.25, -0.2) is 0 Å². The molecule has 1 saturated heterocycles. The predicted octanol–water partition coefficient (Wildman–Crippen LogP) is 5.02. The van der Waals surface area contributed by atoms with Crippen LogP contribution in [-0.4, -0.2) is 36.3 Å². The van der Waals surface area contributed by atoms with Crippen LogP contribution in [0.3, 0.4) is 0 Å². The van der Waals surface area contributed by atoms with Gasteiger partial charge in [-0.05, 0) is 49.1 Å². The zero-order valence-electron chi connectivity index (χ0n) is 15.7. The average Bonchev–Trinajstić information content (AvgIpc) is 3.18. The first-order valence-corrected chi connectivity index (χ1v) is 10.3. The maximum atomic E-state index is 12.7. The first-order chi connectivity index (χ1) is 14.0. The molecule has 5 nitrogen and oxygen atoms in total. The van der Waals surface area contributed by atoms with Crippen LogP contribution in [0.2, 0.25) is 10.0 Å². The number of nitrogens with zero attached hydrogens (tertiary/aromatic N) is 1. The second kappa shape index (κ2) is 8.47. The Morgan fingerprint density at radius 1 is 1.03 bits per heavy atom. The van der Waals surface area contributed by atoms with Crippen LogP contribution in [0.5, 0.6) is 0 Å². The van der Waals surface area contributed by atoms with Gasteiger partial charge in [0.05, 0.1) is 10.0 Å². The van der Waals surface area contributed by atoms with Crippen LogP contribution < -0.4 is 5.32 Å². The summed E-state index contributed by atoms with van der Waals surface area (Å²) in [6.45, 7) is 1.85. The summed E-state index contributed by atoms with van der Waals surface area (Å²) < 4.78 is 5.69. The topological polar surface area (TPSA) is 62.6 Å². The molecule has 29 heavy (non-hydrogen) atoms. The average molecular weight is 431 g/mol. The summed E-state index contributed by atoms with van der Waals surface area (Å²) in [5.74, 6) is 0.433. The summed E-state index contributed by atoms with van der Waals surface area (Å²) in [5.41, 5.74) is 1.20. The summed E-state index contributed by atoms with van der Waals surface area (Å²) in [6.07, 6.45) is 1.65. The lowest BCUT2D eigenvalue weighted by Crippen LogP contribution is -2.41. The molecule has 2 aromatic carbocycles. The molecule has 2 amide bonds. The Morgan fingerprint density at radius 3 is 2.52 bits per heavy atom. The molecule has 0 spiro atoms. The maximum absolute atomic E-state index is 12.7. The molecule has 0 unspecified atom stereocenters. The molecular weight excluding hydrogens is 411 g/mol. The van der Waals surface area contributed by atoms with Gasteiger partial charge in [0.15, 0.2) is 5.76 Å². The van der Waals surface area contributed by atoms with Gasteiger partial charge in [-0.1, -0.05) is 41.4 Å². The van der Waals surface area contributed by atoms with Gasteiger partial charge in [-0.3, -0.25) is 9.59 Å². The van der Waals surface area contributed by atoms with Crippen molar-refractivity contribution in [2.45, 2.75) is 12.8 Å². The summed E-state index contributed by atoms with van der Waals surface area (Å²) >= 11 is 11.9. The van der Waals surface area contributed by atoms with Gasteiger partial charge < -0.3 is 14.6 Å². The van der Waals surface area contributed by atoms with Gasteiger partial charge in [0.25, 0.3) is 11.8 Å². The number of rotatable bonds is 4. The van der Waals surface area contributed by atoms with Gasteiger partial charge in [-0.15, -0.1) is 0 Å². The third-order valence-electron chi connectivity index (χ3n) is 5.27. The lowest BCUT2D eigenvalue weighted by molar-refractivity contribution is 0.0655. The Balaban J connectivity index is 1.29. The van der Waals surface area contributed by atoms with Crippen LogP contribution in [0.1, 0.15) is 33.8 Å². The molecule has 1 N–H and O–H groups in total. The number of amides is 2. The van der Waals surface area contributed by atoms with E-state index >= 15 is 0 Å². The molecule has 7 heteroatoms. The Bertz CT molecular complexity index is 1020. The first kappa shape index (κ1) is 19.8. The minimum absolute atomic E-state index is 0.0838. The van der Waals surface area contributed by atoms with Gasteiger partial charge in [-0.2, -0.15) is 0 Å². The fourth-order valence-electron chi connectivity index (χ4n) is 3.56. The van der Waals surface area contributed by atoms with Crippen molar-refractivity contribution >= 4 is 46.0 Å². The summed E-state index contributed by atoms with van der Waals surface area (Å²) in [6, 6.07) is 14.2. The maximum Gasteiger partial charge on any atom is 0.289 e. The van der Waals surface area contributed by atoms with Gasteiger partial charge >= 0.3 is 0 Å². The number of para-hydroxylation sites is 1. The molecular formula is C22H20Cl2N2O3. The van der Waals surface area contributed by atoms with Gasteiger partial charge in [0.2, 0.25) is 0 Å². The van der Waals surface area contributed by atoms with Crippen LogP contribution in [0.25, 0.3) is 11.0 Å². The third kappa shape index (κ3) is 4.41. The van der Waals surface area contributed by atoms with E-state index in [1.807, 2.05) is 29.2 Å². The quantitative estimate of drug-likeness (QED) is 0.631. The van der Waals surface area contributed by atoms with Crippen molar-refractivity contribution in [1.82, 2.24) is 10.2 Å². The lowest BCUT2D eigenvalue weighted by Gasteiger charge is -2.31. The molecule has 4 rings (SSSR count). The highest BCUT2D eigenvalue weighted by molar-refractivity contribution is 6.42. The number of hydrogen-bond donors (Lipinski definition) is 1. The highest BCUT2D eigenvalue weighted by Crippen LogP contribution is 2.24. The number of carbonyl (C=O) groups excluding carboxylic acids is 2. The molecule has 2 heterocycles. The Morgan fingerprint density at radius 2 is 1.79 bits per heavy atom. The number of fused-ring (bicyclic) bond motifs is 1. The van der Waals surface area contributed by atoms with E-state index < -0.39 is 0 Å². The fourth-order valence-corrected chi connectivity index (χ4v) is 3.86. The number of halogens is 2. The van der Waals surface area contributed by atoms with Crippen molar-refractivity contribution in [1.29, 1.82) is 0 Å². The molecule has 1 fully saturated rings. The normalized spacial score (nSPS) is 14.9. The second-order valence-corrected chi connectivity index (χ2v) is 8.04. The van der Waals surface area contributed by atoms with Crippen LogP contribution in [-0.2, 0) is 0 Å². The third-order valence-corrected chi connectivity index (χ3v) is 6.01. The molecule has 0 saturated carbocycles. The fraction of sp³-hybridized carbons (Fsp3) is 0.273. The summed E-state index contributed by atoms with van der Waals surface area (Å²) in [4.78, 5) is 26.8. The van der Waals surface area contributed by atoms with Gasteiger partial charge in [0, 0.05) is 30.6 Å². The summed E-state index contributed by atoms with van der Waals surface area (Å²) in [5, 5.41) is 4.65. The SMILES string of the molecule is O=C(NCC1CCN(C(=O)c2cc3ccccc3o2)CC1)c1ccc(Cl)c(Cl)c1. The first-order valence-electron chi connectivity index (χ1n) is 9.52. The number of hydrogen-bond acceptors (Lipinski definition) is 3. The van der Waals surface area contributed by atoms with Crippen molar-refractivity contribution in [3.05, 3.63) is 69.9 Å². The Labute approximate surface area is 178 Å².